The second-order valence-electron chi connectivity index (χ2n) is 2.00. The quantitative estimate of drug-likeness (QED) is 0.344. The summed E-state index contributed by atoms with van der Waals surface area (Å²) in [4.78, 5) is 10.1. The summed E-state index contributed by atoms with van der Waals surface area (Å²) < 4.78 is 0. The highest BCUT2D eigenvalue weighted by molar-refractivity contribution is 5.85. The highest BCUT2D eigenvalue weighted by Gasteiger charge is 2.09. The Morgan fingerprint density at radius 3 is 2.55 bits per heavy atom. The van der Waals surface area contributed by atoms with Gasteiger partial charge >= 0.3 is 5.97 Å². The third-order valence-electron chi connectivity index (χ3n) is 1.12. The number of carboxylic acid groups (broad SMARTS) is 1. The number of carbonyl (C=O) groups is 1. The molecule has 0 rings (SSSR count). The second kappa shape index (κ2) is 7.74. The van der Waals surface area contributed by atoms with Gasteiger partial charge in [0.05, 0.1) is 0 Å². The van der Waals surface area contributed by atoms with Crippen LogP contribution in [0.4, 0.5) is 0 Å². The van der Waals surface area contributed by atoms with Crippen LogP contribution >= 0.6 is 12.4 Å². The van der Waals surface area contributed by atoms with E-state index in [0.717, 1.165) is 0 Å². The summed E-state index contributed by atoms with van der Waals surface area (Å²) in [5.74, 6) is -1.00. The summed E-state index contributed by atoms with van der Waals surface area (Å²) in [5, 5.41) is 16.4. The molecule has 0 spiro atoms. The third-order valence-corrected chi connectivity index (χ3v) is 1.12. The molecule has 0 bridgehead atoms. The molecule has 6 heteroatoms. The van der Waals surface area contributed by atoms with E-state index < -0.39 is 12.0 Å². The minimum atomic E-state index is -1.00. The van der Waals surface area contributed by atoms with Crippen molar-refractivity contribution < 1.29 is 15.1 Å². The molecule has 0 amide bonds. The van der Waals surface area contributed by atoms with E-state index in [-0.39, 0.29) is 12.4 Å². The van der Waals surface area contributed by atoms with Gasteiger partial charge < -0.3 is 16.0 Å². The maximum absolute atomic E-state index is 10.1. The molecule has 0 aromatic heterocycles. The molecule has 1 atom stereocenters. The highest BCUT2D eigenvalue weighted by atomic mass is 35.5. The van der Waals surface area contributed by atoms with Crippen LogP contribution in [0.3, 0.4) is 0 Å². The van der Waals surface area contributed by atoms with Crippen molar-refractivity contribution in [1.82, 2.24) is 5.48 Å². The van der Waals surface area contributed by atoms with Crippen LogP contribution in [0.1, 0.15) is 12.8 Å². The summed E-state index contributed by atoms with van der Waals surface area (Å²) in [6.07, 6.45) is 0.937. The molecule has 0 heterocycles. The Morgan fingerprint density at radius 1 is 1.64 bits per heavy atom. The summed E-state index contributed by atoms with van der Waals surface area (Å²) in [5.41, 5.74) is 7.06. The standard InChI is InChI=1S/C5H12N2O3.ClH/c6-4(5(8)9)2-1-3-7-10;/h4,7,10H,1-3,6H2,(H,8,9);1H/t4-;/m1./s1. The topological polar surface area (TPSA) is 95.6 Å². The van der Waals surface area contributed by atoms with Crippen LogP contribution in [0.15, 0.2) is 0 Å². The van der Waals surface area contributed by atoms with Crippen molar-refractivity contribution in [2.75, 3.05) is 6.54 Å². The Balaban J connectivity index is 0. The number of rotatable bonds is 5. The Kier molecular flexibility index (Phi) is 9.32. The predicted octanol–water partition coefficient (Wildman–Crippen LogP) is -0.421. The largest absolute Gasteiger partial charge is 0.480 e. The van der Waals surface area contributed by atoms with Gasteiger partial charge in [0.25, 0.3) is 0 Å². The zero-order chi connectivity index (χ0) is 7.98. The summed E-state index contributed by atoms with van der Waals surface area (Å²) in [7, 11) is 0. The van der Waals surface area contributed by atoms with E-state index in [4.69, 9.17) is 16.0 Å². The maximum Gasteiger partial charge on any atom is 0.320 e. The molecule has 11 heavy (non-hydrogen) atoms. The van der Waals surface area contributed by atoms with Crippen molar-refractivity contribution in [3.05, 3.63) is 0 Å². The predicted molar refractivity (Wildman–Crippen MR) is 41.9 cm³/mol. The van der Waals surface area contributed by atoms with Crippen molar-refractivity contribution in [3.8, 4) is 0 Å². The Labute approximate surface area is 70.9 Å². The number of carboxylic acids is 1. The lowest BCUT2D eigenvalue weighted by Crippen LogP contribution is -2.30. The van der Waals surface area contributed by atoms with Gasteiger partial charge in [0.1, 0.15) is 6.04 Å². The van der Waals surface area contributed by atoms with Gasteiger partial charge in [-0.3, -0.25) is 4.79 Å². The first-order valence-electron chi connectivity index (χ1n) is 3.04. The second-order valence-corrected chi connectivity index (χ2v) is 2.00. The van der Waals surface area contributed by atoms with Gasteiger partial charge in [-0.05, 0) is 12.8 Å². The maximum atomic E-state index is 10.1. The van der Waals surface area contributed by atoms with E-state index in [0.29, 0.717) is 19.4 Å². The molecule has 0 saturated heterocycles. The van der Waals surface area contributed by atoms with Gasteiger partial charge in [-0.25, -0.2) is 5.48 Å². The fraction of sp³-hybridized carbons (Fsp3) is 0.800. The zero-order valence-corrected chi connectivity index (χ0v) is 6.80. The van der Waals surface area contributed by atoms with E-state index in [1.54, 1.807) is 0 Å². The molecule has 68 valence electrons. The normalized spacial score (nSPS) is 11.8. The number of hydroxylamine groups is 1. The van der Waals surface area contributed by atoms with Crippen LogP contribution in [-0.2, 0) is 4.79 Å². The number of nitrogens with one attached hydrogen (secondary N) is 1. The minimum Gasteiger partial charge on any atom is -0.480 e. The molecule has 0 aliphatic rings. The molecule has 0 fully saturated rings. The number of hydrogen-bond donors (Lipinski definition) is 4. The van der Waals surface area contributed by atoms with Crippen molar-refractivity contribution in [2.24, 2.45) is 5.73 Å². The smallest absolute Gasteiger partial charge is 0.320 e. The van der Waals surface area contributed by atoms with Crippen LogP contribution < -0.4 is 11.2 Å². The lowest BCUT2D eigenvalue weighted by molar-refractivity contribution is -0.138. The average molecular weight is 185 g/mol. The lowest BCUT2D eigenvalue weighted by Gasteiger charge is -2.03. The summed E-state index contributed by atoms with van der Waals surface area (Å²) in [6, 6.07) is -0.812. The first-order chi connectivity index (χ1) is 4.68. The zero-order valence-electron chi connectivity index (χ0n) is 5.99. The summed E-state index contributed by atoms with van der Waals surface area (Å²) in [6.45, 7) is 0.376. The van der Waals surface area contributed by atoms with Crippen molar-refractivity contribution in [1.29, 1.82) is 0 Å². The van der Waals surface area contributed by atoms with Crippen LogP contribution in [0.25, 0.3) is 0 Å². The van der Waals surface area contributed by atoms with Crippen molar-refractivity contribution >= 4 is 18.4 Å². The fourth-order valence-electron chi connectivity index (χ4n) is 0.525. The van der Waals surface area contributed by atoms with E-state index in [1.807, 2.05) is 5.48 Å². The molecule has 0 aliphatic carbocycles. The Morgan fingerprint density at radius 2 is 2.18 bits per heavy atom. The highest BCUT2D eigenvalue weighted by Crippen LogP contribution is 1.91. The molecule has 0 saturated carbocycles. The van der Waals surface area contributed by atoms with Gasteiger partial charge in [0, 0.05) is 6.54 Å². The van der Waals surface area contributed by atoms with Gasteiger partial charge in [0.15, 0.2) is 0 Å². The van der Waals surface area contributed by atoms with E-state index in [9.17, 15) is 4.79 Å². The average Bonchev–Trinajstić information content (AvgIpc) is 1.88. The Hall–Kier alpha value is -0.360. The molecule has 5 nitrogen and oxygen atoms in total. The molecular weight excluding hydrogens is 172 g/mol. The van der Waals surface area contributed by atoms with E-state index in [2.05, 4.69) is 0 Å². The Bertz CT molecular complexity index is 112. The summed E-state index contributed by atoms with van der Waals surface area (Å²) >= 11 is 0. The molecule has 0 aromatic rings. The monoisotopic (exact) mass is 184 g/mol. The molecule has 0 aromatic carbocycles. The van der Waals surface area contributed by atoms with Gasteiger partial charge in [0.2, 0.25) is 0 Å². The van der Waals surface area contributed by atoms with Gasteiger partial charge in [-0.15, -0.1) is 12.4 Å². The first kappa shape index (κ1) is 13.2. The van der Waals surface area contributed by atoms with E-state index in [1.165, 1.54) is 0 Å². The molecule has 0 unspecified atom stereocenters. The van der Waals surface area contributed by atoms with Crippen molar-refractivity contribution in [3.63, 3.8) is 0 Å². The molecular formula is C5H13ClN2O3. The van der Waals surface area contributed by atoms with Crippen LogP contribution in [0, 0.1) is 0 Å². The fourth-order valence-corrected chi connectivity index (χ4v) is 0.525. The molecule has 0 aliphatic heterocycles. The van der Waals surface area contributed by atoms with Crippen LogP contribution in [-0.4, -0.2) is 28.9 Å². The lowest BCUT2D eigenvalue weighted by atomic mass is 10.2. The minimum absolute atomic E-state index is 0. The number of halogens is 1. The SMILES string of the molecule is Cl.N[C@H](CCCNO)C(=O)O. The van der Waals surface area contributed by atoms with Crippen molar-refractivity contribution in [2.45, 2.75) is 18.9 Å². The van der Waals surface area contributed by atoms with Gasteiger partial charge in [-0.1, -0.05) is 0 Å². The van der Waals surface area contributed by atoms with Gasteiger partial charge in [-0.2, -0.15) is 0 Å². The third kappa shape index (κ3) is 7.54. The molecule has 5 N–H and O–H groups in total. The number of aliphatic carboxylic acids is 1. The number of hydrogen-bond acceptors (Lipinski definition) is 4. The molecule has 0 radical (unpaired) electrons. The first-order valence-corrected chi connectivity index (χ1v) is 3.04. The van der Waals surface area contributed by atoms with Crippen LogP contribution in [0.2, 0.25) is 0 Å². The number of nitrogens with two attached hydrogens (primary N) is 1. The van der Waals surface area contributed by atoms with Crippen LogP contribution in [0.5, 0.6) is 0 Å². The van der Waals surface area contributed by atoms with E-state index >= 15 is 0 Å².